The minimum Gasteiger partial charge on any atom is -0.368 e. The van der Waals surface area contributed by atoms with E-state index < -0.39 is 0 Å². The fraction of sp³-hybridized carbons (Fsp3) is 0.455. The topological polar surface area (TPSA) is 79.2 Å². The van der Waals surface area contributed by atoms with E-state index in [0.717, 1.165) is 50.2 Å². The van der Waals surface area contributed by atoms with Gasteiger partial charge in [0.05, 0.1) is 11.6 Å². The van der Waals surface area contributed by atoms with Crippen LogP contribution in [-0.4, -0.2) is 57.9 Å². The van der Waals surface area contributed by atoms with Crippen molar-refractivity contribution in [1.29, 1.82) is 0 Å². The summed E-state index contributed by atoms with van der Waals surface area (Å²) >= 11 is 0. The van der Waals surface area contributed by atoms with Gasteiger partial charge in [-0.1, -0.05) is 31.0 Å². The molecule has 1 aliphatic carbocycles. The Balaban J connectivity index is 1.28. The second kappa shape index (κ2) is 8.30. The zero-order valence-electron chi connectivity index (χ0n) is 17.1. The van der Waals surface area contributed by atoms with Gasteiger partial charge in [-0.25, -0.2) is 14.6 Å². The van der Waals surface area contributed by atoms with Gasteiger partial charge in [-0.3, -0.25) is 4.79 Å². The number of aromatic nitrogens is 4. The third-order valence-electron chi connectivity index (χ3n) is 6.13. The van der Waals surface area contributed by atoms with Gasteiger partial charge < -0.3 is 15.1 Å². The van der Waals surface area contributed by atoms with Crippen LogP contribution in [0.3, 0.4) is 0 Å². The van der Waals surface area contributed by atoms with Gasteiger partial charge in [0.1, 0.15) is 18.7 Å². The average Bonchev–Trinajstić information content (AvgIpc) is 3.45. The minimum absolute atomic E-state index is 0.00328. The van der Waals surface area contributed by atoms with Crippen molar-refractivity contribution in [3.05, 3.63) is 42.9 Å². The number of benzene rings is 1. The first-order valence-corrected chi connectivity index (χ1v) is 10.8. The molecule has 0 atom stereocenters. The zero-order valence-corrected chi connectivity index (χ0v) is 17.1. The van der Waals surface area contributed by atoms with Gasteiger partial charge in [-0.15, -0.1) is 0 Å². The van der Waals surface area contributed by atoms with Crippen molar-refractivity contribution >= 4 is 28.4 Å². The van der Waals surface area contributed by atoms with Gasteiger partial charge in [-0.05, 0) is 25.0 Å². The lowest BCUT2D eigenvalue weighted by Crippen LogP contribution is -2.46. The summed E-state index contributed by atoms with van der Waals surface area (Å²) in [5.41, 5.74) is 1.97. The van der Waals surface area contributed by atoms with Gasteiger partial charge in [0, 0.05) is 37.9 Å². The molecule has 2 aromatic heterocycles. The van der Waals surface area contributed by atoms with E-state index >= 15 is 0 Å². The molecule has 8 nitrogen and oxygen atoms in total. The molecule has 0 unspecified atom stereocenters. The number of nitrogens with zero attached hydrogens (tertiary/aromatic N) is 6. The lowest BCUT2D eigenvalue weighted by molar-refractivity contribution is -0.122. The summed E-state index contributed by atoms with van der Waals surface area (Å²) in [5, 5.41) is 8.47. The van der Waals surface area contributed by atoms with Gasteiger partial charge in [0.2, 0.25) is 5.91 Å². The largest absolute Gasteiger partial charge is 0.368 e. The summed E-state index contributed by atoms with van der Waals surface area (Å²) in [4.78, 5) is 26.1. The predicted molar refractivity (Wildman–Crippen MR) is 117 cm³/mol. The molecule has 0 bridgehead atoms. The molecule has 1 amide bonds. The molecule has 1 aliphatic heterocycles. The highest BCUT2D eigenvalue weighted by Gasteiger charge is 2.22. The second-order valence-corrected chi connectivity index (χ2v) is 8.10. The van der Waals surface area contributed by atoms with Crippen molar-refractivity contribution in [2.24, 2.45) is 0 Å². The molecule has 30 heavy (non-hydrogen) atoms. The Kier molecular flexibility index (Phi) is 5.21. The van der Waals surface area contributed by atoms with Crippen LogP contribution in [0.15, 0.2) is 42.9 Å². The van der Waals surface area contributed by atoms with Crippen LogP contribution in [0.5, 0.6) is 0 Å². The molecule has 1 N–H and O–H groups in total. The summed E-state index contributed by atoms with van der Waals surface area (Å²) in [5.74, 6) is 0.902. The molecular formula is C22H27N7O. The van der Waals surface area contributed by atoms with E-state index in [-0.39, 0.29) is 12.5 Å². The number of piperazine rings is 1. The van der Waals surface area contributed by atoms with Crippen LogP contribution in [0.1, 0.15) is 25.7 Å². The quantitative estimate of drug-likeness (QED) is 0.701. The maximum Gasteiger partial charge on any atom is 0.242 e. The smallest absolute Gasteiger partial charge is 0.242 e. The number of hydrogen-bond donors (Lipinski definition) is 1. The number of hydrogen-bond acceptors (Lipinski definition) is 6. The van der Waals surface area contributed by atoms with Crippen LogP contribution < -0.4 is 15.1 Å². The number of amides is 1. The number of rotatable bonds is 5. The Morgan fingerprint density at radius 1 is 1.00 bits per heavy atom. The molecule has 156 valence electrons. The third kappa shape index (κ3) is 3.81. The Hall–Kier alpha value is -3.16. The van der Waals surface area contributed by atoms with Crippen LogP contribution in [0.25, 0.3) is 11.0 Å². The zero-order chi connectivity index (χ0) is 20.3. The molecule has 3 heterocycles. The predicted octanol–water partition coefficient (Wildman–Crippen LogP) is 2.21. The van der Waals surface area contributed by atoms with E-state index in [2.05, 4.69) is 54.4 Å². The van der Waals surface area contributed by atoms with E-state index in [0.29, 0.717) is 11.7 Å². The van der Waals surface area contributed by atoms with E-state index in [4.69, 9.17) is 0 Å². The van der Waals surface area contributed by atoms with Crippen LogP contribution in [0.2, 0.25) is 0 Å². The Labute approximate surface area is 175 Å². The first kappa shape index (κ1) is 18.8. The first-order valence-electron chi connectivity index (χ1n) is 10.8. The number of nitrogens with one attached hydrogen (secondary N) is 1. The van der Waals surface area contributed by atoms with Crippen LogP contribution in [0, 0.1) is 0 Å². The average molecular weight is 406 g/mol. The summed E-state index contributed by atoms with van der Waals surface area (Å²) in [6, 6.07) is 10.8. The molecule has 2 fully saturated rings. The summed E-state index contributed by atoms with van der Waals surface area (Å²) in [6.45, 7) is 3.84. The molecule has 5 rings (SSSR count). The van der Waals surface area contributed by atoms with E-state index in [1.54, 1.807) is 17.2 Å². The van der Waals surface area contributed by atoms with Gasteiger partial charge in [0.15, 0.2) is 5.65 Å². The van der Waals surface area contributed by atoms with E-state index in [9.17, 15) is 4.79 Å². The molecule has 3 aromatic rings. The van der Waals surface area contributed by atoms with Gasteiger partial charge in [0.25, 0.3) is 0 Å². The molecule has 8 heteroatoms. The molecule has 0 spiro atoms. The Morgan fingerprint density at radius 2 is 1.73 bits per heavy atom. The van der Waals surface area contributed by atoms with Crippen LogP contribution in [-0.2, 0) is 11.3 Å². The van der Waals surface area contributed by atoms with E-state index in [1.165, 1.54) is 18.5 Å². The Morgan fingerprint density at radius 3 is 2.50 bits per heavy atom. The van der Waals surface area contributed by atoms with Crippen molar-refractivity contribution in [3.63, 3.8) is 0 Å². The van der Waals surface area contributed by atoms with Gasteiger partial charge >= 0.3 is 0 Å². The lowest BCUT2D eigenvalue weighted by atomic mass is 10.2. The Bertz CT molecular complexity index is 1000. The summed E-state index contributed by atoms with van der Waals surface area (Å²) < 4.78 is 1.69. The maximum atomic E-state index is 12.4. The highest BCUT2D eigenvalue weighted by Crippen LogP contribution is 2.25. The number of anilines is 2. The van der Waals surface area contributed by atoms with Crippen molar-refractivity contribution in [1.82, 2.24) is 25.1 Å². The van der Waals surface area contributed by atoms with Crippen molar-refractivity contribution < 1.29 is 4.79 Å². The summed E-state index contributed by atoms with van der Waals surface area (Å²) in [7, 11) is 0. The van der Waals surface area contributed by atoms with Crippen LogP contribution in [0.4, 0.5) is 11.5 Å². The molecule has 1 saturated carbocycles. The number of carbonyl (C=O) groups excluding carboxylic acids is 1. The van der Waals surface area contributed by atoms with Crippen molar-refractivity contribution in [3.8, 4) is 0 Å². The standard InChI is InChI=1S/C22H27N7O/c30-20(26-17-6-4-5-7-17)15-29-22-19(14-25-29)21(23-16-24-22)28-12-10-27(11-13-28)18-8-2-1-3-9-18/h1-3,8-9,14,16-17H,4-7,10-13,15H2,(H,26,30). The maximum absolute atomic E-state index is 12.4. The molecule has 2 aliphatic rings. The SMILES string of the molecule is O=C(Cn1ncc2c(N3CCN(c4ccccc4)CC3)ncnc21)NC1CCCC1. The number of carbonyl (C=O) groups is 1. The highest BCUT2D eigenvalue weighted by molar-refractivity contribution is 5.88. The van der Waals surface area contributed by atoms with Crippen molar-refractivity contribution in [2.45, 2.75) is 38.3 Å². The minimum atomic E-state index is 0.00328. The van der Waals surface area contributed by atoms with Crippen molar-refractivity contribution in [2.75, 3.05) is 36.0 Å². The van der Waals surface area contributed by atoms with E-state index in [1.807, 2.05) is 6.07 Å². The van der Waals surface area contributed by atoms with Gasteiger partial charge in [-0.2, -0.15) is 5.10 Å². The normalized spacial score (nSPS) is 17.6. The first-order chi connectivity index (χ1) is 14.8. The third-order valence-corrected chi connectivity index (χ3v) is 6.13. The molecule has 1 aromatic carbocycles. The number of fused-ring (bicyclic) bond motifs is 1. The monoisotopic (exact) mass is 405 g/mol. The molecule has 0 radical (unpaired) electrons. The molecular weight excluding hydrogens is 378 g/mol. The fourth-order valence-corrected chi connectivity index (χ4v) is 4.54. The summed E-state index contributed by atoms with van der Waals surface area (Å²) in [6.07, 6.45) is 7.92. The fourth-order valence-electron chi connectivity index (χ4n) is 4.54. The lowest BCUT2D eigenvalue weighted by Gasteiger charge is -2.36. The second-order valence-electron chi connectivity index (χ2n) is 8.10. The van der Waals surface area contributed by atoms with Crippen LogP contribution >= 0.6 is 0 Å². The highest BCUT2D eigenvalue weighted by atomic mass is 16.2. The number of para-hydroxylation sites is 1. The molecule has 1 saturated heterocycles.